The molecule has 0 radical (unpaired) electrons. The van der Waals surface area contributed by atoms with Crippen LogP contribution in [0.25, 0.3) is 0 Å². The highest BCUT2D eigenvalue weighted by Crippen LogP contribution is 2.17. The second-order valence-electron chi connectivity index (χ2n) is 4.32. The molecule has 1 atom stereocenters. The molecule has 0 aliphatic carbocycles. The topological polar surface area (TPSA) is 41.1 Å². The van der Waals surface area contributed by atoms with Crippen LogP contribution in [0.2, 0.25) is 0 Å². The highest BCUT2D eigenvalue weighted by molar-refractivity contribution is 5.96. The van der Waals surface area contributed by atoms with Crippen LogP contribution in [0, 0.1) is 11.6 Å². The van der Waals surface area contributed by atoms with Crippen molar-refractivity contribution in [1.29, 1.82) is 0 Å². The van der Waals surface area contributed by atoms with E-state index in [9.17, 15) is 13.6 Å². The molecule has 104 valence electrons. The van der Waals surface area contributed by atoms with Gasteiger partial charge in [-0.2, -0.15) is 0 Å². The maximum Gasteiger partial charge on any atom is 0.246 e. The van der Waals surface area contributed by atoms with Crippen molar-refractivity contribution in [2.45, 2.75) is 13.0 Å². The van der Waals surface area contributed by atoms with Crippen LogP contribution in [-0.4, -0.2) is 11.9 Å². The summed E-state index contributed by atoms with van der Waals surface area (Å²) in [5.41, 5.74) is 0.603. The number of para-hydroxylation sites is 1. The van der Waals surface area contributed by atoms with Gasteiger partial charge in [0.2, 0.25) is 5.91 Å². The average Bonchev–Trinajstić information content (AvgIpc) is 2.45. The summed E-state index contributed by atoms with van der Waals surface area (Å²) in [5.74, 6) is -2.28. The van der Waals surface area contributed by atoms with Crippen molar-refractivity contribution in [2.24, 2.45) is 0 Å². The average molecular weight is 276 g/mol. The maximum absolute atomic E-state index is 13.5. The van der Waals surface area contributed by atoms with Gasteiger partial charge in [-0.3, -0.25) is 4.79 Å². The first-order valence-corrected chi connectivity index (χ1v) is 6.14. The van der Waals surface area contributed by atoms with Crippen molar-refractivity contribution in [1.82, 2.24) is 0 Å². The Morgan fingerprint density at radius 2 is 1.75 bits per heavy atom. The Morgan fingerprint density at radius 3 is 2.45 bits per heavy atom. The Hall–Kier alpha value is -2.43. The first-order chi connectivity index (χ1) is 9.58. The molecule has 0 aliphatic rings. The fourth-order valence-corrected chi connectivity index (χ4v) is 1.69. The summed E-state index contributed by atoms with van der Waals surface area (Å²) >= 11 is 0. The van der Waals surface area contributed by atoms with Gasteiger partial charge in [0.25, 0.3) is 0 Å². The van der Waals surface area contributed by atoms with Crippen LogP contribution in [0.3, 0.4) is 0 Å². The fourth-order valence-electron chi connectivity index (χ4n) is 1.69. The highest BCUT2D eigenvalue weighted by atomic mass is 19.2. The molecule has 2 aromatic carbocycles. The molecule has 0 saturated heterocycles. The van der Waals surface area contributed by atoms with Gasteiger partial charge in [-0.25, -0.2) is 8.78 Å². The number of anilines is 2. The molecule has 20 heavy (non-hydrogen) atoms. The van der Waals surface area contributed by atoms with Gasteiger partial charge in [-0.05, 0) is 31.2 Å². The number of carbonyl (C=O) groups is 1. The predicted octanol–water partition coefficient (Wildman–Crippen LogP) is 3.40. The van der Waals surface area contributed by atoms with Crippen molar-refractivity contribution in [3.63, 3.8) is 0 Å². The monoisotopic (exact) mass is 276 g/mol. The summed E-state index contributed by atoms with van der Waals surface area (Å²) in [6.07, 6.45) is 0. The van der Waals surface area contributed by atoms with Crippen LogP contribution in [0.15, 0.2) is 48.5 Å². The van der Waals surface area contributed by atoms with E-state index in [0.29, 0.717) is 5.69 Å². The van der Waals surface area contributed by atoms with Crippen LogP contribution >= 0.6 is 0 Å². The zero-order chi connectivity index (χ0) is 14.5. The molecule has 2 N–H and O–H groups in total. The summed E-state index contributed by atoms with van der Waals surface area (Å²) in [6, 6.07) is 12.0. The minimum Gasteiger partial charge on any atom is -0.371 e. The van der Waals surface area contributed by atoms with E-state index < -0.39 is 17.7 Å². The third kappa shape index (κ3) is 3.32. The van der Waals surface area contributed by atoms with Crippen LogP contribution in [0.5, 0.6) is 0 Å². The van der Waals surface area contributed by atoms with Crippen LogP contribution in [0.1, 0.15) is 6.92 Å². The van der Waals surface area contributed by atoms with Gasteiger partial charge in [-0.1, -0.05) is 24.3 Å². The van der Waals surface area contributed by atoms with Crippen LogP contribution < -0.4 is 10.6 Å². The van der Waals surface area contributed by atoms with Crippen LogP contribution in [-0.2, 0) is 4.79 Å². The molecular weight excluding hydrogens is 262 g/mol. The molecule has 5 heteroatoms. The lowest BCUT2D eigenvalue weighted by molar-refractivity contribution is -0.116. The third-order valence-corrected chi connectivity index (χ3v) is 2.76. The van der Waals surface area contributed by atoms with Gasteiger partial charge >= 0.3 is 0 Å². The molecule has 2 aromatic rings. The van der Waals surface area contributed by atoms with Crippen molar-refractivity contribution in [2.75, 3.05) is 10.6 Å². The predicted molar refractivity (Wildman–Crippen MR) is 74.5 cm³/mol. The standard InChI is InChI=1S/C15H14F2N2O/c1-10(15(20)19-11-6-3-2-4-7-11)18-13-9-5-8-12(16)14(13)17/h2-10,18H,1H3,(H,19,20). The van der Waals surface area contributed by atoms with Gasteiger partial charge in [0, 0.05) is 5.69 Å². The van der Waals surface area contributed by atoms with Gasteiger partial charge in [0.05, 0.1) is 5.69 Å². The van der Waals surface area contributed by atoms with E-state index in [1.165, 1.54) is 12.1 Å². The molecule has 3 nitrogen and oxygen atoms in total. The summed E-state index contributed by atoms with van der Waals surface area (Å²) in [4.78, 5) is 11.9. The van der Waals surface area contributed by atoms with Gasteiger partial charge < -0.3 is 10.6 Å². The highest BCUT2D eigenvalue weighted by Gasteiger charge is 2.15. The summed E-state index contributed by atoms with van der Waals surface area (Å²) in [5, 5.41) is 5.32. The molecule has 0 bridgehead atoms. The second-order valence-corrected chi connectivity index (χ2v) is 4.32. The molecule has 2 rings (SSSR count). The SMILES string of the molecule is CC(Nc1cccc(F)c1F)C(=O)Nc1ccccc1. The molecule has 0 saturated carbocycles. The van der Waals surface area contributed by atoms with Crippen molar-refractivity contribution < 1.29 is 13.6 Å². The number of hydrogen-bond donors (Lipinski definition) is 2. The zero-order valence-electron chi connectivity index (χ0n) is 10.9. The summed E-state index contributed by atoms with van der Waals surface area (Å²) < 4.78 is 26.5. The number of amides is 1. The second kappa shape index (κ2) is 6.14. The van der Waals surface area contributed by atoms with Crippen LogP contribution in [0.4, 0.5) is 20.2 Å². The maximum atomic E-state index is 13.5. The van der Waals surface area contributed by atoms with E-state index in [0.717, 1.165) is 6.07 Å². The molecule has 1 amide bonds. The van der Waals surface area contributed by atoms with Crippen molar-refractivity contribution in [3.8, 4) is 0 Å². The minimum absolute atomic E-state index is 0.0410. The number of nitrogens with one attached hydrogen (secondary N) is 2. The lowest BCUT2D eigenvalue weighted by Crippen LogP contribution is -2.32. The fraction of sp³-hybridized carbons (Fsp3) is 0.133. The first-order valence-electron chi connectivity index (χ1n) is 6.14. The Kier molecular flexibility index (Phi) is 4.30. The first kappa shape index (κ1) is 14.0. The van der Waals surface area contributed by atoms with E-state index in [1.54, 1.807) is 31.2 Å². The van der Waals surface area contributed by atoms with E-state index in [1.807, 2.05) is 6.07 Å². The Labute approximate surface area is 115 Å². The largest absolute Gasteiger partial charge is 0.371 e. The number of halogens is 2. The number of rotatable bonds is 4. The molecule has 0 spiro atoms. The van der Waals surface area contributed by atoms with E-state index in [2.05, 4.69) is 10.6 Å². The molecular formula is C15H14F2N2O. The summed E-state index contributed by atoms with van der Waals surface area (Å²) in [6.45, 7) is 1.57. The minimum atomic E-state index is -0.994. The molecule has 0 aliphatic heterocycles. The van der Waals surface area contributed by atoms with Gasteiger partial charge in [0.15, 0.2) is 11.6 Å². The van der Waals surface area contributed by atoms with E-state index >= 15 is 0 Å². The zero-order valence-corrected chi connectivity index (χ0v) is 10.9. The van der Waals surface area contributed by atoms with E-state index in [-0.39, 0.29) is 11.6 Å². The third-order valence-electron chi connectivity index (χ3n) is 2.76. The van der Waals surface area contributed by atoms with Gasteiger partial charge in [-0.15, -0.1) is 0 Å². The number of hydrogen-bond acceptors (Lipinski definition) is 2. The van der Waals surface area contributed by atoms with Gasteiger partial charge in [0.1, 0.15) is 6.04 Å². The molecule has 0 aromatic heterocycles. The number of carbonyl (C=O) groups excluding carboxylic acids is 1. The van der Waals surface area contributed by atoms with E-state index in [4.69, 9.17) is 0 Å². The smallest absolute Gasteiger partial charge is 0.246 e. The summed E-state index contributed by atoms with van der Waals surface area (Å²) in [7, 11) is 0. The Bertz CT molecular complexity index is 602. The molecule has 1 unspecified atom stereocenters. The lowest BCUT2D eigenvalue weighted by atomic mass is 10.2. The quantitative estimate of drug-likeness (QED) is 0.898. The Morgan fingerprint density at radius 1 is 1.05 bits per heavy atom. The lowest BCUT2D eigenvalue weighted by Gasteiger charge is -2.15. The molecule has 0 fully saturated rings. The van der Waals surface area contributed by atoms with Crippen molar-refractivity contribution >= 4 is 17.3 Å². The van der Waals surface area contributed by atoms with Crippen molar-refractivity contribution in [3.05, 3.63) is 60.2 Å². The number of benzene rings is 2. The Balaban J connectivity index is 2.03. The normalized spacial score (nSPS) is 11.8. The molecule has 0 heterocycles.